The van der Waals surface area contributed by atoms with Gasteiger partial charge in [0.15, 0.2) is 0 Å². The second-order valence-corrected chi connectivity index (χ2v) is 7.36. The summed E-state index contributed by atoms with van der Waals surface area (Å²) in [7, 11) is 1.38. The van der Waals surface area contributed by atoms with Crippen LogP contribution in [0, 0.1) is 35.0 Å². The summed E-state index contributed by atoms with van der Waals surface area (Å²) in [5, 5.41) is 0. The van der Waals surface area contributed by atoms with Gasteiger partial charge in [-0.1, -0.05) is 22.6 Å². The van der Waals surface area contributed by atoms with E-state index < -0.39 is 11.1 Å². The normalized spacial score (nSPS) is 82.4. The van der Waals surface area contributed by atoms with Crippen LogP contribution < -0.4 is 0 Å². The van der Waals surface area contributed by atoms with Gasteiger partial charge in [-0.15, -0.1) is 0 Å². The molecule has 6 aliphatic carbocycles. The van der Waals surface area contributed by atoms with E-state index in [4.69, 9.17) is 4.74 Å². The highest BCUT2D eigenvalue weighted by Gasteiger charge is 3.18. The van der Waals surface area contributed by atoms with E-state index in [0.29, 0.717) is 17.8 Å². The van der Waals surface area contributed by atoms with Crippen LogP contribution in [0.2, 0.25) is 0 Å². The van der Waals surface area contributed by atoms with E-state index >= 15 is 0 Å². The van der Waals surface area contributed by atoms with E-state index in [9.17, 15) is 9.18 Å². The van der Waals surface area contributed by atoms with Crippen LogP contribution in [-0.2, 0) is 9.53 Å². The first kappa shape index (κ1) is 7.41. The summed E-state index contributed by atoms with van der Waals surface area (Å²) in [5.74, 6) is 1.51. The number of hydrogen-bond acceptors (Lipinski definition) is 2. The molecule has 0 aromatic rings. The van der Waals surface area contributed by atoms with Crippen molar-refractivity contribution in [1.82, 2.24) is 0 Å². The largest absolute Gasteiger partial charge is 0.468 e. The van der Waals surface area contributed by atoms with Gasteiger partial charge in [0.1, 0.15) is 11.1 Å². The predicted molar refractivity (Wildman–Crippen MR) is 52.5 cm³/mol. The lowest BCUT2D eigenvalue weighted by atomic mass is 8.95. The highest BCUT2D eigenvalue weighted by Crippen LogP contribution is 3.11. The quantitative estimate of drug-likeness (QED) is 0.413. The van der Waals surface area contributed by atoms with Crippen LogP contribution in [0.4, 0.5) is 4.39 Å². The zero-order valence-corrected chi connectivity index (χ0v) is 9.62. The molecule has 0 radical (unpaired) electrons. The molecule has 0 spiro atoms. The minimum Gasteiger partial charge on any atom is -0.468 e. The summed E-state index contributed by atoms with van der Waals surface area (Å²) >= 11 is 2.44. The maximum absolute atomic E-state index is 14.5. The second-order valence-electron chi connectivity index (χ2n) is 5.49. The number of esters is 1. The van der Waals surface area contributed by atoms with Gasteiger partial charge in [-0.05, 0) is 17.8 Å². The summed E-state index contributed by atoms with van der Waals surface area (Å²) in [6.07, 6.45) is 0. The molecule has 4 heteroatoms. The average molecular weight is 306 g/mol. The minimum absolute atomic E-state index is 0.203. The topological polar surface area (TPSA) is 26.3 Å². The van der Waals surface area contributed by atoms with Crippen LogP contribution in [0.5, 0.6) is 0 Å². The maximum atomic E-state index is 14.5. The van der Waals surface area contributed by atoms with Crippen molar-refractivity contribution in [1.29, 1.82) is 0 Å². The number of carbonyl (C=O) groups excluding carboxylic acids is 1. The molecule has 0 N–H and O–H groups in total. The monoisotopic (exact) mass is 306 g/mol. The maximum Gasteiger partial charge on any atom is 0.315 e. The predicted octanol–water partition coefficient (Wildman–Crippen LogP) is 1.18. The van der Waals surface area contributed by atoms with Crippen molar-refractivity contribution in [2.24, 2.45) is 35.0 Å². The molecule has 6 aliphatic rings. The third kappa shape index (κ3) is 0.266. The smallest absolute Gasteiger partial charge is 0.315 e. The Morgan fingerprint density at radius 2 is 1.93 bits per heavy atom. The third-order valence-corrected chi connectivity index (χ3v) is 8.13. The van der Waals surface area contributed by atoms with Gasteiger partial charge < -0.3 is 4.74 Å². The van der Waals surface area contributed by atoms with Crippen LogP contribution in [-0.4, -0.2) is 22.2 Å². The number of alkyl halides is 2. The second kappa shape index (κ2) is 1.40. The van der Waals surface area contributed by atoms with Crippen molar-refractivity contribution < 1.29 is 13.9 Å². The zero-order valence-electron chi connectivity index (χ0n) is 7.46. The Morgan fingerprint density at radius 1 is 1.36 bits per heavy atom. The fraction of sp³-hybridized carbons (Fsp3) is 0.900. The molecule has 0 aliphatic heterocycles. The molecule has 6 fully saturated rings. The Balaban J connectivity index is 1.69. The Bertz CT molecular complexity index is 414. The molecule has 6 rings (SSSR count). The number of methoxy groups -OCH3 is 1. The number of rotatable bonds is 1. The van der Waals surface area contributed by atoms with Crippen LogP contribution in [0.3, 0.4) is 0 Å². The number of halogens is 2. The van der Waals surface area contributed by atoms with Crippen molar-refractivity contribution >= 4 is 28.6 Å². The van der Waals surface area contributed by atoms with Gasteiger partial charge in [-0.3, -0.25) is 4.79 Å². The molecular formula is C10H8FIO2. The van der Waals surface area contributed by atoms with Crippen molar-refractivity contribution in [2.45, 2.75) is 9.09 Å². The van der Waals surface area contributed by atoms with Crippen LogP contribution in [0.1, 0.15) is 0 Å². The Hall–Kier alpha value is 0.130. The number of hydrogen-bond donors (Lipinski definition) is 0. The Morgan fingerprint density at radius 3 is 2.36 bits per heavy atom. The van der Waals surface area contributed by atoms with E-state index in [1.54, 1.807) is 0 Å². The number of ether oxygens (including phenoxy) is 1. The molecule has 0 bridgehead atoms. The standard InChI is InChI=1S/C10H8FIO2/c1-14-7(13)8-3-2-4(8)6-9(2,12)5(3)10(6,8)11/h2-6H,1H3/t2?,3-,4+,5-,6+,8?,9?,10?. The Kier molecular flexibility index (Phi) is 0.742. The molecule has 74 valence electrons. The molecular weight excluding hydrogens is 298 g/mol. The van der Waals surface area contributed by atoms with Gasteiger partial charge in [0.05, 0.1) is 7.11 Å². The van der Waals surface area contributed by atoms with Gasteiger partial charge in [-0.25, -0.2) is 4.39 Å². The lowest BCUT2D eigenvalue weighted by Gasteiger charge is -3.10. The summed E-state index contributed by atoms with van der Waals surface area (Å²) in [6, 6.07) is 0. The zero-order chi connectivity index (χ0) is 9.67. The van der Waals surface area contributed by atoms with Gasteiger partial charge in [0, 0.05) is 15.3 Å². The SMILES string of the molecule is COC(=O)C12[C@@H]3C4[C@H]1[C@H]1C4(I)[C@@H]3C12F. The molecule has 4 unspecified atom stereocenters. The number of carbonyl (C=O) groups is 1. The van der Waals surface area contributed by atoms with Crippen molar-refractivity contribution in [3.05, 3.63) is 0 Å². The molecule has 8 atom stereocenters. The highest BCUT2D eigenvalue weighted by atomic mass is 127. The first-order chi connectivity index (χ1) is 6.59. The van der Waals surface area contributed by atoms with E-state index in [-0.39, 0.29) is 21.2 Å². The van der Waals surface area contributed by atoms with Crippen molar-refractivity contribution in [3.8, 4) is 0 Å². The molecule has 2 nitrogen and oxygen atoms in total. The minimum atomic E-state index is -1.13. The molecule has 0 aromatic carbocycles. The van der Waals surface area contributed by atoms with Gasteiger partial charge in [0.2, 0.25) is 0 Å². The molecule has 14 heavy (non-hydrogen) atoms. The van der Waals surface area contributed by atoms with E-state index in [1.807, 2.05) is 0 Å². The fourth-order valence-electron chi connectivity index (χ4n) is 6.00. The summed E-state index contributed by atoms with van der Waals surface area (Å²) in [4.78, 5) is 11.6. The first-order valence-electron chi connectivity index (χ1n) is 5.05. The first-order valence-corrected chi connectivity index (χ1v) is 6.13. The van der Waals surface area contributed by atoms with E-state index in [1.165, 1.54) is 7.11 Å². The molecule has 0 saturated heterocycles. The van der Waals surface area contributed by atoms with Crippen LogP contribution in [0.15, 0.2) is 0 Å². The Labute approximate surface area is 93.7 Å². The lowest BCUT2D eigenvalue weighted by molar-refractivity contribution is -0.612. The van der Waals surface area contributed by atoms with Crippen molar-refractivity contribution in [2.75, 3.05) is 7.11 Å². The molecule has 0 aromatic heterocycles. The van der Waals surface area contributed by atoms with Crippen LogP contribution >= 0.6 is 22.6 Å². The average Bonchev–Trinajstić information content (AvgIpc) is 2.16. The fourth-order valence-corrected chi connectivity index (χ4v) is 8.46. The molecule has 0 amide bonds. The third-order valence-electron chi connectivity index (χ3n) is 6.07. The summed E-state index contributed by atoms with van der Waals surface area (Å²) in [6.45, 7) is 0. The van der Waals surface area contributed by atoms with E-state index in [0.717, 1.165) is 0 Å². The lowest BCUT2D eigenvalue weighted by Crippen LogP contribution is -3.18. The summed E-state index contributed by atoms with van der Waals surface area (Å²) < 4.78 is 19.5. The van der Waals surface area contributed by atoms with E-state index in [2.05, 4.69) is 22.6 Å². The van der Waals surface area contributed by atoms with Gasteiger partial charge in [0.25, 0.3) is 0 Å². The summed E-state index contributed by atoms with van der Waals surface area (Å²) in [5.41, 5.74) is -1.78. The van der Waals surface area contributed by atoms with Gasteiger partial charge >= 0.3 is 5.97 Å². The molecule has 6 saturated carbocycles. The van der Waals surface area contributed by atoms with Crippen LogP contribution in [0.25, 0.3) is 0 Å². The molecule has 0 heterocycles. The van der Waals surface area contributed by atoms with Crippen molar-refractivity contribution in [3.63, 3.8) is 0 Å². The highest BCUT2D eigenvalue weighted by molar-refractivity contribution is 14.1. The van der Waals surface area contributed by atoms with Gasteiger partial charge in [-0.2, -0.15) is 0 Å².